The molecule has 3 atom stereocenters. The monoisotopic (exact) mass is 298 g/mol. The van der Waals surface area contributed by atoms with E-state index in [1.165, 1.54) is 19.3 Å². The van der Waals surface area contributed by atoms with Crippen LogP contribution in [0.2, 0.25) is 0 Å². The van der Waals surface area contributed by atoms with Crippen LogP contribution in [0.5, 0.6) is 0 Å². The van der Waals surface area contributed by atoms with Gasteiger partial charge in [-0.25, -0.2) is 4.79 Å². The summed E-state index contributed by atoms with van der Waals surface area (Å²) in [4.78, 5) is 12.1. The van der Waals surface area contributed by atoms with Crippen molar-refractivity contribution in [2.45, 2.75) is 77.0 Å². The molecule has 3 N–H and O–H groups in total. The molecule has 2 amide bonds. The Morgan fingerprint density at radius 3 is 2.62 bits per heavy atom. The molecule has 2 aliphatic rings. The zero-order valence-corrected chi connectivity index (χ0v) is 13.4. The van der Waals surface area contributed by atoms with E-state index >= 15 is 0 Å². The number of nitrogens with one attached hydrogen (secondary N) is 2. The molecule has 1 spiro atoms. The van der Waals surface area contributed by atoms with Gasteiger partial charge in [0, 0.05) is 18.1 Å². The normalized spacial score (nSPS) is 28.7. The van der Waals surface area contributed by atoms with Crippen molar-refractivity contribution < 1.29 is 14.6 Å². The maximum Gasteiger partial charge on any atom is 0.315 e. The predicted molar refractivity (Wildman–Crippen MR) is 82.2 cm³/mol. The summed E-state index contributed by atoms with van der Waals surface area (Å²) in [6.07, 6.45) is 8.02. The van der Waals surface area contributed by atoms with Gasteiger partial charge in [-0.2, -0.15) is 0 Å². The minimum atomic E-state index is -0.157. The van der Waals surface area contributed by atoms with Gasteiger partial charge in [0.25, 0.3) is 0 Å². The summed E-state index contributed by atoms with van der Waals surface area (Å²) in [5, 5.41) is 15.1. The Morgan fingerprint density at radius 2 is 2.05 bits per heavy atom. The second-order valence-corrected chi connectivity index (χ2v) is 6.43. The third kappa shape index (κ3) is 3.51. The molecule has 2 fully saturated rings. The molecule has 0 aromatic rings. The van der Waals surface area contributed by atoms with E-state index in [2.05, 4.69) is 10.6 Å². The SMILES string of the molecule is CCOC1CC(NC(=O)NC(CC)CO)C12CCCCC2. The van der Waals surface area contributed by atoms with Crippen LogP contribution in [-0.4, -0.2) is 42.5 Å². The van der Waals surface area contributed by atoms with Crippen molar-refractivity contribution in [3.8, 4) is 0 Å². The van der Waals surface area contributed by atoms with Gasteiger partial charge in [-0.15, -0.1) is 0 Å². The highest BCUT2D eigenvalue weighted by Crippen LogP contribution is 2.53. The van der Waals surface area contributed by atoms with Crippen LogP contribution in [0.1, 0.15) is 58.8 Å². The number of carbonyl (C=O) groups is 1. The molecule has 2 aliphatic carbocycles. The first-order chi connectivity index (χ1) is 10.2. The van der Waals surface area contributed by atoms with Crippen LogP contribution in [0, 0.1) is 5.41 Å². The minimum absolute atomic E-state index is 0.0126. The smallest absolute Gasteiger partial charge is 0.315 e. The van der Waals surface area contributed by atoms with E-state index in [0.29, 0.717) is 6.10 Å². The average Bonchev–Trinajstić information content (AvgIpc) is 2.52. The third-order valence-corrected chi connectivity index (χ3v) is 5.29. The molecule has 0 aliphatic heterocycles. The first kappa shape index (κ1) is 16.6. The zero-order valence-electron chi connectivity index (χ0n) is 13.4. The summed E-state index contributed by atoms with van der Waals surface area (Å²) >= 11 is 0. The van der Waals surface area contributed by atoms with Gasteiger partial charge in [-0.05, 0) is 32.6 Å². The lowest BCUT2D eigenvalue weighted by Crippen LogP contribution is -2.66. The number of ether oxygens (including phenoxy) is 1. The van der Waals surface area contributed by atoms with E-state index in [-0.39, 0.29) is 30.1 Å². The number of urea groups is 1. The van der Waals surface area contributed by atoms with Gasteiger partial charge in [-0.1, -0.05) is 26.2 Å². The molecule has 0 radical (unpaired) electrons. The number of hydrogen-bond acceptors (Lipinski definition) is 3. The maximum absolute atomic E-state index is 12.1. The van der Waals surface area contributed by atoms with E-state index < -0.39 is 0 Å². The fourth-order valence-electron chi connectivity index (χ4n) is 3.93. The quantitative estimate of drug-likeness (QED) is 0.704. The molecule has 5 nitrogen and oxygen atoms in total. The minimum Gasteiger partial charge on any atom is -0.394 e. The topological polar surface area (TPSA) is 70.6 Å². The average molecular weight is 298 g/mol. The fraction of sp³-hybridized carbons (Fsp3) is 0.938. The number of rotatable bonds is 6. The van der Waals surface area contributed by atoms with Gasteiger partial charge >= 0.3 is 6.03 Å². The van der Waals surface area contributed by atoms with Crippen molar-refractivity contribution in [1.82, 2.24) is 10.6 Å². The molecule has 0 bridgehead atoms. The Balaban J connectivity index is 1.91. The number of amides is 2. The van der Waals surface area contributed by atoms with Gasteiger partial charge in [0.1, 0.15) is 0 Å². The van der Waals surface area contributed by atoms with Crippen molar-refractivity contribution in [1.29, 1.82) is 0 Å². The Kier molecular flexibility index (Phi) is 5.88. The lowest BCUT2D eigenvalue weighted by Gasteiger charge is -2.57. The molecule has 5 heteroatoms. The standard InChI is InChI=1S/C16H30N2O3/c1-3-12(11-19)17-15(20)18-13-10-14(21-4-2)16(13)8-6-5-7-9-16/h12-14,19H,3-11H2,1-2H3,(H2,17,18,20). The summed E-state index contributed by atoms with van der Waals surface area (Å²) in [7, 11) is 0. The number of carbonyl (C=O) groups excluding carboxylic acids is 1. The molecule has 122 valence electrons. The highest BCUT2D eigenvalue weighted by molar-refractivity contribution is 5.75. The van der Waals surface area contributed by atoms with Crippen molar-refractivity contribution in [2.75, 3.05) is 13.2 Å². The summed E-state index contributed by atoms with van der Waals surface area (Å²) in [5.74, 6) is 0. The van der Waals surface area contributed by atoms with E-state index in [1.807, 2.05) is 13.8 Å². The fourth-order valence-corrected chi connectivity index (χ4v) is 3.93. The van der Waals surface area contributed by atoms with Gasteiger partial charge < -0.3 is 20.5 Å². The van der Waals surface area contributed by atoms with Gasteiger partial charge in [0.05, 0.1) is 18.8 Å². The molecular weight excluding hydrogens is 268 g/mol. The van der Waals surface area contributed by atoms with Crippen molar-refractivity contribution in [3.05, 3.63) is 0 Å². The Hall–Kier alpha value is -0.810. The molecule has 2 saturated carbocycles. The lowest BCUT2D eigenvalue weighted by molar-refractivity contribution is -0.146. The molecular formula is C16H30N2O3. The summed E-state index contributed by atoms with van der Waals surface area (Å²) < 4.78 is 5.89. The predicted octanol–water partition coefficient (Wildman–Crippen LogP) is 2.18. The highest BCUT2D eigenvalue weighted by atomic mass is 16.5. The van der Waals surface area contributed by atoms with Crippen molar-refractivity contribution >= 4 is 6.03 Å². The van der Waals surface area contributed by atoms with Crippen molar-refractivity contribution in [2.24, 2.45) is 5.41 Å². The van der Waals surface area contributed by atoms with E-state index in [1.54, 1.807) is 0 Å². The van der Waals surface area contributed by atoms with Crippen LogP contribution in [0.25, 0.3) is 0 Å². The second-order valence-electron chi connectivity index (χ2n) is 6.43. The Bertz CT molecular complexity index is 338. The molecule has 2 rings (SSSR count). The number of hydrogen-bond donors (Lipinski definition) is 3. The second kappa shape index (κ2) is 7.45. The van der Waals surface area contributed by atoms with Crippen LogP contribution in [0.3, 0.4) is 0 Å². The molecule has 0 aromatic heterocycles. The largest absolute Gasteiger partial charge is 0.394 e. The summed E-state index contributed by atoms with van der Waals surface area (Å²) in [5.41, 5.74) is 0.145. The van der Waals surface area contributed by atoms with Crippen LogP contribution >= 0.6 is 0 Å². The van der Waals surface area contributed by atoms with Crippen LogP contribution in [-0.2, 0) is 4.74 Å². The number of aliphatic hydroxyl groups excluding tert-OH is 1. The first-order valence-electron chi connectivity index (χ1n) is 8.45. The van der Waals surface area contributed by atoms with Gasteiger partial charge in [0.2, 0.25) is 0 Å². The summed E-state index contributed by atoms with van der Waals surface area (Å²) in [6.45, 7) is 4.73. The lowest BCUT2D eigenvalue weighted by atomic mass is 9.55. The van der Waals surface area contributed by atoms with E-state index in [0.717, 1.165) is 32.3 Å². The summed E-state index contributed by atoms with van der Waals surface area (Å²) in [6, 6.07) is -0.0959. The zero-order chi connectivity index (χ0) is 15.3. The van der Waals surface area contributed by atoms with E-state index in [9.17, 15) is 9.90 Å². The third-order valence-electron chi connectivity index (χ3n) is 5.29. The van der Waals surface area contributed by atoms with Crippen LogP contribution < -0.4 is 10.6 Å². The van der Waals surface area contributed by atoms with E-state index in [4.69, 9.17) is 4.74 Å². The molecule has 0 saturated heterocycles. The molecule has 0 aromatic carbocycles. The molecule has 21 heavy (non-hydrogen) atoms. The van der Waals surface area contributed by atoms with Crippen LogP contribution in [0.4, 0.5) is 4.79 Å². The van der Waals surface area contributed by atoms with Gasteiger partial charge in [-0.3, -0.25) is 0 Å². The number of aliphatic hydroxyl groups is 1. The van der Waals surface area contributed by atoms with Crippen LogP contribution in [0.15, 0.2) is 0 Å². The first-order valence-corrected chi connectivity index (χ1v) is 8.45. The van der Waals surface area contributed by atoms with Gasteiger partial charge in [0.15, 0.2) is 0 Å². The Morgan fingerprint density at radius 1 is 1.33 bits per heavy atom. The maximum atomic E-state index is 12.1. The Labute approximate surface area is 127 Å². The molecule has 0 heterocycles. The molecule has 3 unspecified atom stereocenters. The van der Waals surface area contributed by atoms with Crippen molar-refractivity contribution in [3.63, 3.8) is 0 Å². The highest BCUT2D eigenvalue weighted by Gasteiger charge is 2.56.